The van der Waals surface area contributed by atoms with Gasteiger partial charge in [-0.3, -0.25) is 0 Å². The second kappa shape index (κ2) is 6.66. The first-order chi connectivity index (χ1) is 11.1. The van der Waals surface area contributed by atoms with E-state index in [1.165, 1.54) is 0 Å². The molecule has 0 aliphatic carbocycles. The van der Waals surface area contributed by atoms with Gasteiger partial charge >= 0.3 is 143 Å². The van der Waals surface area contributed by atoms with Crippen molar-refractivity contribution in [3.8, 4) is 11.3 Å². The van der Waals surface area contributed by atoms with E-state index in [1.54, 1.807) is 10.9 Å². The number of benzene rings is 1. The summed E-state index contributed by atoms with van der Waals surface area (Å²) < 4.78 is 2.55. The zero-order valence-corrected chi connectivity index (χ0v) is 14.7. The summed E-state index contributed by atoms with van der Waals surface area (Å²) in [5.74, 6) is 1.24. The molecule has 0 aliphatic heterocycles. The third kappa shape index (κ3) is 3.52. The SMILES string of the molecule is C[Se]c1cc(-c2cn(CCC(=O)O)nn2)c2ccc(Cl)cc2n1. The molecule has 0 amide bonds. The van der Waals surface area contributed by atoms with Gasteiger partial charge in [0.15, 0.2) is 0 Å². The van der Waals surface area contributed by atoms with E-state index in [0.717, 1.165) is 21.1 Å². The van der Waals surface area contributed by atoms with E-state index < -0.39 is 5.97 Å². The summed E-state index contributed by atoms with van der Waals surface area (Å²) in [4.78, 5) is 15.3. The number of aliphatic carboxylic acids is 1. The Morgan fingerprint density at radius 2 is 2.22 bits per heavy atom. The molecule has 0 saturated carbocycles. The summed E-state index contributed by atoms with van der Waals surface area (Å²) in [5.41, 5.74) is 2.47. The monoisotopic (exact) mass is 396 g/mol. The zero-order valence-electron chi connectivity index (χ0n) is 12.2. The molecule has 6 nitrogen and oxygen atoms in total. The van der Waals surface area contributed by atoms with Crippen LogP contribution in [0.15, 0.2) is 30.5 Å². The summed E-state index contributed by atoms with van der Waals surface area (Å²) >= 11 is 6.31. The molecule has 118 valence electrons. The first-order valence-electron chi connectivity index (χ1n) is 6.83. The van der Waals surface area contributed by atoms with Crippen LogP contribution in [0.5, 0.6) is 0 Å². The second-order valence-corrected chi connectivity index (χ2v) is 7.05. The number of fused-ring (bicyclic) bond motifs is 1. The molecule has 0 atom stereocenters. The van der Waals surface area contributed by atoms with Gasteiger partial charge in [0, 0.05) is 0 Å². The molecule has 0 saturated heterocycles. The van der Waals surface area contributed by atoms with Crippen LogP contribution < -0.4 is 4.59 Å². The molecule has 23 heavy (non-hydrogen) atoms. The van der Waals surface area contributed by atoms with Gasteiger partial charge in [0.05, 0.1) is 0 Å². The van der Waals surface area contributed by atoms with Crippen molar-refractivity contribution in [3.63, 3.8) is 0 Å². The maximum absolute atomic E-state index is 10.7. The van der Waals surface area contributed by atoms with Crippen molar-refractivity contribution in [2.24, 2.45) is 0 Å². The minimum absolute atomic E-state index is 0.0127. The van der Waals surface area contributed by atoms with Gasteiger partial charge in [-0.2, -0.15) is 0 Å². The van der Waals surface area contributed by atoms with Crippen molar-refractivity contribution in [2.45, 2.75) is 18.8 Å². The molecular weight excluding hydrogens is 383 g/mol. The predicted molar refractivity (Wildman–Crippen MR) is 89.3 cm³/mol. The van der Waals surface area contributed by atoms with Crippen LogP contribution >= 0.6 is 11.6 Å². The Hall–Kier alpha value is -1.95. The number of aryl methyl sites for hydroxylation is 1. The Morgan fingerprint density at radius 1 is 1.39 bits per heavy atom. The van der Waals surface area contributed by atoms with Crippen LogP contribution in [0, 0.1) is 0 Å². The van der Waals surface area contributed by atoms with E-state index in [0.29, 0.717) is 17.3 Å². The zero-order chi connectivity index (χ0) is 16.4. The Labute approximate surface area is 143 Å². The first-order valence-corrected chi connectivity index (χ1v) is 9.78. The van der Waals surface area contributed by atoms with E-state index in [2.05, 4.69) is 21.1 Å². The number of carboxylic acids is 1. The van der Waals surface area contributed by atoms with E-state index in [4.69, 9.17) is 16.7 Å². The van der Waals surface area contributed by atoms with E-state index in [-0.39, 0.29) is 21.4 Å². The van der Waals surface area contributed by atoms with Gasteiger partial charge in [0.1, 0.15) is 0 Å². The third-order valence-corrected chi connectivity index (χ3v) is 4.88. The third-order valence-electron chi connectivity index (χ3n) is 3.33. The number of pyridine rings is 1. The van der Waals surface area contributed by atoms with Gasteiger partial charge in [-0.15, -0.1) is 0 Å². The molecule has 0 aliphatic rings. The maximum atomic E-state index is 10.7. The number of carbonyl (C=O) groups is 1. The first kappa shape index (κ1) is 15.9. The molecule has 0 bridgehead atoms. The van der Waals surface area contributed by atoms with Gasteiger partial charge < -0.3 is 0 Å². The van der Waals surface area contributed by atoms with Crippen molar-refractivity contribution in [1.29, 1.82) is 0 Å². The number of hydrogen-bond donors (Lipinski definition) is 1. The molecule has 0 spiro atoms. The quantitative estimate of drug-likeness (QED) is 0.668. The van der Waals surface area contributed by atoms with E-state index in [1.807, 2.05) is 24.3 Å². The molecule has 0 radical (unpaired) electrons. The van der Waals surface area contributed by atoms with Crippen LogP contribution in [0.3, 0.4) is 0 Å². The van der Waals surface area contributed by atoms with Crippen LogP contribution in [0.4, 0.5) is 0 Å². The van der Waals surface area contributed by atoms with Crippen LogP contribution in [0.1, 0.15) is 6.42 Å². The number of aromatic nitrogens is 4. The molecule has 1 aromatic carbocycles. The molecule has 3 aromatic rings. The number of halogens is 1. The topological polar surface area (TPSA) is 80.9 Å². The fraction of sp³-hybridized carbons (Fsp3) is 0.200. The van der Waals surface area contributed by atoms with Crippen LogP contribution in [0.2, 0.25) is 10.8 Å². The molecule has 2 aromatic heterocycles. The van der Waals surface area contributed by atoms with Gasteiger partial charge in [-0.05, 0) is 0 Å². The van der Waals surface area contributed by atoms with Gasteiger partial charge in [-0.1, -0.05) is 0 Å². The number of rotatable bonds is 5. The van der Waals surface area contributed by atoms with E-state index in [9.17, 15) is 4.79 Å². The minimum atomic E-state index is -0.859. The van der Waals surface area contributed by atoms with Gasteiger partial charge in [-0.25, -0.2) is 0 Å². The number of nitrogens with zero attached hydrogens (tertiary/aromatic N) is 4. The summed E-state index contributed by atoms with van der Waals surface area (Å²) in [6.45, 7) is 0.293. The van der Waals surface area contributed by atoms with Crippen molar-refractivity contribution in [3.05, 3.63) is 35.5 Å². The van der Waals surface area contributed by atoms with Gasteiger partial charge in [0.2, 0.25) is 0 Å². The second-order valence-electron chi connectivity index (χ2n) is 4.88. The normalized spacial score (nSPS) is 11.0. The van der Waals surface area contributed by atoms with Crippen molar-refractivity contribution in [2.75, 3.05) is 0 Å². The fourth-order valence-corrected chi connectivity index (χ4v) is 3.29. The molecule has 3 rings (SSSR count). The Kier molecular flexibility index (Phi) is 4.61. The Bertz CT molecular complexity index is 881. The molecule has 2 heterocycles. The Balaban J connectivity index is 2.06. The number of carboxylic acid groups (broad SMARTS) is 1. The Morgan fingerprint density at radius 3 is 2.96 bits per heavy atom. The standard InChI is InChI=1S/C15H13ClN4O2Se/c1-23-14-7-11(10-3-2-9(16)6-12(10)17-14)13-8-20(19-18-13)5-4-15(21)22/h2-3,6-8H,4-5H2,1H3,(H,21,22). The molecule has 0 unspecified atom stereocenters. The summed E-state index contributed by atoms with van der Waals surface area (Å²) in [6.07, 6.45) is 1.78. The summed E-state index contributed by atoms with van der Waals surface area (Å²) in [5, 5.41) is 18.5. The van der Waals surface area contributed by atoms with Crippen LogP contribution in [-0.2, 0) is 11.3 Å². The van der Waals surface area contributed by atoms with E-state index >= 15 is 0 Å². The summed E-state index contributed by atoms with van der Waals surface area (Å²) in [6, 6.07) is 7.59. The van der Waals surface area contributed by atoms with Crippen LogP contribution in [0.25, 0.3) is 22.2 Å². The summed E-state index contributed by atoms with van der Waals surface area (Å²) in [7, 11) is 0. The molecular formula is C15H13ClN4O2Se. The van der Waals surface area contributed by atoms with Gasteiger partial charge in [0.25, 0.3) is 0 Å². The number of hydrogen-bond acceptors (Lipinski definition) is 4. The van der Waals surface area contributed by atoms with Crippen molar-refractivity contribution in [1.82, 2.24) is 20.0 Å². The van der Waals surface area contributed by atoms with Crippen LogP contribution in [-0.4, -0.2) is 46.0 Å². The molecule has 0 fully saturated rings. The van der Waals surface area contributed by atoms with Crippen molar-refractivity contribution < 1.29 is 9.90 Å². The molecule has 8 heteroatoms. The molecule has 1 N–H and O–H groups in total. The van der Waals surface area contributed by atoms with Crippen molar-refractivity contribution >= 4 is 48.0 Å². The fourth-order valence-electron chi connectivity index (χ4n) is 2.24. The average molecular weight is 396 g/mol. The predicted octanol–water partition coefficient (Wildman–Crippen LogP) is 2.00. The average Bonchev–Trinajstić information content (AvgIpc) is 3.00.